The number of ether oxygens (including phenoxy) is 1. The summed E-state index contributed by atoms with van der Waals surface area (Å²) in [7, 11) is 0. The van der Waals surface area contributed by atoms with Crippen LogP contribution < -0.4 is 4.74 Å². The summed E-state index contributed by atoms with van der Waals surface area (Å²) in [5.41, 5.74) is 2.49. The SMILES string of the molecule is N#Cc1ccccc1CN1C(=O)S/C(=C/c2cc(Cl)c(OCc3ccccc3Cl)c(Br)c2)C1=O. The molecule has 0 aromatic heterocycles. The van der Waals surface area contributed by atoms with Crippen molar-refractivity contribution in [2.45, 2.75) is 13.2 Å². The van der Waals surface area contributed by atoms with Crippen LogP contribution in [-0.2, 0) is 17.9 Å². The molecule has 5 nitrogen and oxygen atoms in total. The van der Waals surface area contributed by atoms with Crippen molar-refractivity contribution >= 4 is 68.1 Å². The molecule has 1 saturated heterocycles. The van der Waals surface area contributed by atoms with Gasteiger partial charge in [-0.05, 0) is 69.2 Å². The number of nitrogens with zero attached hydrogens (tertiary/aromatic N) is 2. The van der Waals surface area contributed by atoms with Crippen LogP contribution in [0.15, 0.2) is 70.0 Å². The first-order valence-electron chi connectivity index (χ1n) is 9.96. The number of hydrogen-bond donors (Lipinski definition) is 0. The van der Waals surface area contributed by atoms with Gasteiger partial charge in [-0.1, -0.05) is 59.6 Å². The Labute approximate surface area is 219 Å². The molecule has 2 amide bonds. The topological polar surface area (TPSA) is 70.4 Å². The second kappa shape index (κ2) is 10.7. The van der Waals surface area contributed by atoms with E-state index < -0.39 is 11.1 Å². The Morgan fingerprint density at radius 3 is 2.44 bits per heavy atom. The molecule has 0 radical (unpaired) electrons. The minimum Gasteiger partial charge on any atom is -0.486 e. The number of benzene rings is 3. The summed E-state index contributed by atoms with van der Waals surface area (Å²) >= 11 is 16.9. The lowest BCUT2D eigenvalue weighted by Gasteiger charge is -2.13. The molecule has 0 N–H and O–H groups in total. The lowest BCUT2D eigenvalue weighted by atomic mass is 10.1. The third kappa shape index (κ3) is 5.31. The molecule has 1 fully saturated rings. The molecule has 4 rings (SSSR count). The molecule has 3 aromatic carbocycles. The van der Waals surface area contributed by atoms with Gasteiger partial charge >= 0.3 is 0 Å². The molecule has 0 spiro atoms. The van der Waals surface area contributed by atoms with Gasteiger partial charge in [-0.15, -0.1) is 0 Å². The maximum Gasteiger partial charge on any atom is 0.293 e. The van der Waals surface area contributed by atoms with Crippen molar-refractivity contribution in [3.63, 3.8) is 0 Å². The van der Waals surface area contributed by atoms with Gasteiger partial charge in [0, 0.05) is 10.6 Å². The molecule has 3 aromatic rings. The summed E-state index contributed by atoms with van der Waals surface area (Å²) in [5, 5.41) is 9.82. The summed E-state index contributed by atoms with van der Waals surface area (Å²) in [6, 6.07) is 19.7. The highest BCUT2D eigenvalue weighted by Gasteiger charge is 2.35. The molecule has 34 heavy (non-hydrogen) atoms. The van der Waals surface area contributed by atoms with Crippen LogP contribution in [0, 0.1) is 11.3 Å². The van der Waals surface area contributed by atoms with E-state index in [2.05, 4.69) is 22.0 Å². The molecule has 0 aliphatic carbocycles. The summed E-state index contributed by atoms with van der Waals surface area (Å²) in [4.78, 5) is 26.8. The van der Waals surface area contributed by atoms with E-state index in [0.717, 1.165) is 22.2 Å². The van der Waals surface area contributed by atoms with Crippen molar-refractivity contribution < 1.29 is 14.3 Å². The van der Waals surface area contributed by atoms with Gasteiger partial charge in [0.25, 0.3) is 11.1 Å². The normalized spacial score (nSPS) is 14.5. The summed E-state index contributed by atoms with van der Waals surface area (Å²) in [5.74, 6) is 0.0222. The first-order valence-corrected chi connectivity index (χ1v) is 12.3. The fraction of sp³-hybridized carbons (Fsp3) is 0.0800. The predicted molar refractivity (Wildman–Crippen MR) is 138 cm³/mol. The van der Waals surface area contributed by atoms with E-state index in [1.807, 2.05) is 18.2 Å². The van der Waals surface area contributed by atoms with Gasteiger partial charge in [0.15, 0.2) is 5.75 Å². The lowest BCUT2D eigenvalue weighted by molar-refractivity contribution is -0.123. The van der Waals surface area contributed by atoms with Crippen LogP contribution in [-0.4, -0.2) is 16.0 Å². The van der Waals surface area contributed by atoms with E-state index in [-0.39, 0.29) is 18.1 Å². The Morgan fingerprint density at radius 1 is 1.03 bits per heavy atom. The number of halogens is 3. The number of nitriles is 1. The Bertz CT molecular complexity index is 1350. The zero-order valence-corrected chi connectivity index (χ0v) is 21.3. The Hall–Kier alpha value is -2.76. The van der Waals surface area contributed by atoms with Crippen LogP contribution in [0.2, 0.25) is 10.0 Å². The van der Waals surface area contributed by atoms with E-state index in [0.29, 0.717) is 37.0 Å². The highest BCUT2D eigenvalue weighted by Crippen LogP contribution is 2.38. The molecule has 9 heteroatoms. The molecule has 0 unspecified atom stereocenters. The van der Waals surface area contributed by atoms with E-state index in [1.54, 1.807) is 48.5 Å². The number of hydrogen-bond acceptors (Lipinski definition) is 5. The van der Waals surface area contributed by atoms with Gasteiger partial charge in [0.05, 0.1) is 32.6 Å². The number of carbonyl (C=O) groups excluding carboxylic acids is 2. The second-order valence-electron chi connectivity index (χ2n) is 7.23. The van der Waals surface area contributed by atoms with Crippen molar-refractivity contribution in [1.82, 2.24) is 4.90 Å². The average Bonchev–Trinajstić information content (AvgIpc) is 3.07. The quantitative estimate of drug-likeness (QED) is 0.286. The summed E-state index contributed by atoms with van der Waals surface area (Å²) in [6.45, 7) is 0.269. The van der Waals surface area contributed by atoms with Crippen molar-refractivity contribution in [1.29, 1.82) is 5.26 Å². The van der Waals surface area contributed by atoms with Crippen LogP contribution in [0.5, 0.6) is 5.75 Å². The van der Waals surface area contributed by atoms with E-state index in [4.69, 9.17) is 27.9 Å². The maximum atomic E-state index is 12.9. The van der Waals surface area contributed by atoms with Gasteiger partial charge in [-0.25, -0.2) is 0 Å². The molecular formula is C25H15BrCl2N2O3S. The Kier molecular flexibility index (Phi) is 7.64. The zero-order chi connectivity index (χ0) is 24.2. The highest BCUT2D eigenvalue weighted by molar-refractivity contribution is 9.10. The highest BCUT2D eigenvalue weighted by atomic mass is 79.9. The Balaban J connectivity index is 1.52. The molecule has 1 heterocycles. The monoisotopic (exact) mass is 572 g/mol. The van der Waals surface area contributed by atoms with E-state index in [1.165, 1.54) is 0 Å². The van der Waals surface area contributed by atoms with Gasteiger partial charge in [0.1, 0.15) is 6.61 Å². The largest absolute Gasteiger partial charge is 0.486 e. The number of rotatable bonds is 6. The standard InChI is InChI=1S/C25H15BrCl2N2O3S/c26-19-9-15(10-21(28)23(19)33-14-18-7-3-4-8-20(18)27)11-22-24(31)30(25(32)34-22)13-17-6-2-1-5-16(17)12-29/h1-11H,13-14H2/b22-11+. The summed E-state index contributed by atoms with van der Waals surface area (Å²) < 4.78 is 6.46. The second-order valence-corrected chi connectivity index (χ2v) is 9.89. The number of imide groups is 1. The maximum absolute atomic E-state index is 12.9. The van der Waals surface area contributed by atoms with Crippen molar-refractivity contribution in [3.05, 3.63) is 102 Å². The fourth-order valence-corrected chi connectivity index (χ4v) is 5.31. The average molecular weight is 574 g/mol. The fourth-order valence-electron chi connectivity index (χ4n) is 3.29. The van der Waals surface area contributed by atoms with Crippen molar-refractivity contribution in [2.75, 3.05) is 0 Å². The third-order valence-electron chi connectivity index (χ3n) is 4.99. The zero-order valence-electron chi connectivity index (χ0n) is 17.4. The van der Waals surface area contributed by atoms with E-state index >= 15 is 0 Å². The van der Waals surface area contributed by atoms with Gasteiger partial charge < -0.3 is 4.74 Å². The van der Waals surface area contributed by atoms with E-state index in [9.17, 15) is 14.9 Å². The lowest BCUT2D eigenvalue weighted by Crippen LogP contribution is -2.27. The minimum atomic E-state index is -0.422. The van der Waals surface area contributed by atoms with Crippen LogP contribution in [0.25, 0.3) is 6.08 Å². The minimum absolute atomic E-state index is 0.0328. The molecule has 0 saturated carbocycles. The predicted octanol–water partition coefficient (Wildman–Crippen LogP) is 7.44. The van der Waals surface area contributed by atoms with Crippen LogP contribution in [0.4, 0.5) is 4.79 Å². The molecular weight excluding hydrogens is 559 g/mol. The first kappa shape index (κ1) is 24.4. The number of carbonyl (C=O) groups is 2. The van der Waals surface area contributed by atoms with Crippen LogP contribution in [0.3, 0.4) is 0 Å². The third-order valence-corrected chi connectivity index (χ3v) is 7.13. The Morgan fingerprint density at radius 2 is 1.74 bits per heavy atom. The molecule has 0 atom stereocenters. The number of amides is 2. The number of thioether (sulfide) groups is 1. The van der Waals surface area contributed by atoms with Gasteiger partial charge in [-0.2, -0.15) is 5.26 Å². The smallest absolute Gasteiger partial charge is 0.293 e. The van der Waals surface area contributed by atoms with Crippen LogP contribution >= 0.6 is 50.9 Å². The summed E-state index contributed by atoms with van der Waals surface area (Å²) in [6.07, 6.45) is 1.61. The van der Waals surface area contributed by atoms with Crippen molar-refractivity contribution in [3.8, 4) is 11.8 Å². The van der Waals surface area contributed by atoms with Gasteiger partial charge in [0.2, 0.25) is 0 Å². The van der Waals surface area contributed by atoms with Crippen molar-refractivity contribution in [2.24, 2.45) is 0 Å². The first-order chi connectivity index (χ1) is 16.4. The molecule has 170 valence electrons. The van der Waals surface area contributed by atoms with Gasteiger partial charge in [-0.3, -0.25) is 14.5 Å². The molecule has 1 aliphatic rings. The molecule has 1 aliphatic heterocycles. The molecule has 0 bridgehead atoms. The van der Waals surface area contributed by atoms with Crippen LogP contribution in [0.1, 0.15) is 22.3 Å².